The Hall–Kier alpha value is -2.99. The number of nitrogens with zero attached hydrogens (tertiary/aromatic N) is 4. The minimum atomic E-state index is 0.664. The molecule has 0 radical (unpaired) electrons. The Labute approximate surface area is 157 Å². The van der Waals surface area contributed by atoms with Gasteiger partial charge in [0, 0.05) is 16.4 Å². The molecule has 0 aliphatic rings. The number of rotatable bonds is 3. The van der Waals surface area contributed by atoms with Gasteiger partial charge in [-0.15, -0.1) is 5.10 Å². The Balaban J connectivity index is 1.75. The SMILES string of the molecule is Brc1ccc2cc(-c3nnn[nH]3)n(Cc3cccc4ccccc34)c2c1. The van der Waals surface area contributed by atoms with E-state index in [1.54, 1.807) is 0 Å². The summed E-state index contributed by atoms with van der Waals surface area (Å²) in [6.45, 7) is 0.733. The van der Waals surface area contributed by atoms with Gasteiger partial charge in [0.25, 0.3) is 0 Å². The van der Waals surface area contributed by atoms with Crippen molar-refractivity contribution >= 4 is 37.6 Å². The summed E-state index contributed by atoms with van der Waals surface area (Å²) < 4.78 is 3.30. The lowest BCUT2D eigenvalue weighted by Gasteiger charge is -2.12. The van der Waals surface area contributed by atoms with Crippen LogP contribution in [0, 0.1) is 0 Å². The molecule has 5 rings (SSSR count). The first-order valence-corrected chi connectivity index (χ1v) is 9.08. The Kier molecular flexibility index (Phi) is 3.57. The maximum absolute atomic E-state index is 4.12. The van der Waals surface area contributed by atoms with Crippen LogP contribution in [0.2, 0.25) is 0 Å². The lowest BCUT2D eigenvalue weighted by molar-refractivity contribution is 0.843. The summed E-state index contributed by atoms with van der Waals surface area (Å²) in [5.41, 5.74) is 3.36. The van der Waals surface area contributed by atoms with Gasteiger partial charge in [0.2, 0.25) is 0 Å². The second-order valence-corrected chi connectivity index (χ2v) is 7.12. The fourth-order valence-corrected chi connectivity index (χ4v) is 3.81. The van der Waals surface area contributed by atoms with Crippen LogP contribution in [0.25, 0.3) is 33.2 Å². The van der Waals surface area contributed by atoms with Crippen LogP contribution in [0.4, 0.5) is 0 Å². The van der Waals surface area contributed by atoms with Crippen molar-refractivity contribution in [1.29, 1.82) is 0 Å². The standard InChI is InChI=1S/C20H14BrN5/c21-16-9-8-14-10-19(20-22-24-25-23-20)26(18(14)11-16)12-15-6-3-5-13-4-1-2-7-17(13)15/h1-11H,12H2,(H,22,23,24,25). The van der Waals surface area contributed by atoms with Gasteiger partial charge >= 0.3 is 0 Å². The molecule has 0 saturated heterocycles. The zero-order chi connectivity index (χ0) is 17.5. The van der Waals surface area contributed by atoms with Crippen molar-refractivity contribution in [1.82, 2.24) is 25.2 Å². The monoisotopic (exact) mass is 403 g/mol. The third-order valence-corrected chi connectivity index (χ3v) is 5.16. The van der Waals surface area contributed by atoms with Crippen LogP contribution < -0.4 is 0 Å². The van der Waals surface area contributed by atoms with Crippen molar-refractivity contribution in [3.05, 3.63) is 76.8 Å². The number of halogens is 1. The van der Waals surface area contributed by atoms with Gasteiger partial charge in [-0.1, -0.05) is 64.5 Å². The van der Waals surface area contributed by atoms with E-state index in [1.165, 1.54) is 16.3 Å². The minimum Gasteiger partial charge on any atom is -0.333 e. The molecule has 0 saturated carbocycles. The van der Waals surface area contributed by atoms with Crippen LogP contribution >= 0.6 is 15.9 Å². The molecular weight excluding hydrogens is 390 g/mol. The highest BCUT2D eigenvalue weighted by molar-refractivity contribution is 9.10. The zero-order valence-corrected chi connectivity index (χ0v) is 15.3. The van der Waals surface area contributed by atoms with E-state index >= 15 is 0 Å². The Bertz CT molecular complexity index is 1220. The predicted octanol–water partition coefficient (Wildman–Crippen LogP) is 4.79. The molecule has 5 aromatic rings. The largest absolute Gasteiger partial charge is 0.333 e. The molecule has 1 N–H and O–H groups in total. The molecule has 5 nitrogen and oxygen atoms in total. The zero-order valence-electron chi connectivity index (χ0n) is 13.7. The van der Waals surface area contributed by atoms with E-state index < -0.39 is 0 Å². The van der Waals surface area contributed by atoms with Crippen LogP contribution in [-0.2, 0) is 6.54 Å². The Morgan fingerprint density at radius 3 is 2.69 bits per heavy atom. The van der Waals surface area contributed by atoms with Crippen molar-refractivity contribution in [2.45, 2.75) is 6.54 Å². The summed E-state index contributed by atoms with van der Waals surface area (Å²) in [5.74, 6) is 0.664. The van der Waals surface area contributed by atoms with Gasteiger partial charge in [-0.05, 0) is 45.0 Å². The number of hydrogen-bond acceptors (Lipinski definition) is 3. The van der Waals surface area contributed by atoms with E-state index in [-0.39, 0.29) is 0 Å². The number of fused-ring (bicyclic) bond motifs is 2. The molecule has 0 bridgehead atoms. The first-order valence-electron chi connectivity index (χ1n) is 8.29. The molecule has 0 spiro atoms. The normalized spacial score (nSPS) is 11.4. The lowest BCUT2D eigenvalue weighted by Crippen LogP contribution is -2.03. The molecule has 6 heteroatoms. The maximum Gasteiger partial charge on any atom is 0.196 e. The molecule has 2 heterocycles. The van der Waals surface area contributed by atoms with Crippen LogP contribution in [0.1, 0.15) is 5.56 Å². The topological polar surface area (TPSA) is 59.4 Å². The number of nitrogens with one attached hydrogen (secondary N) is 1. The van der Waals surface area contributed by atoms with E-state index in [9.17, 15) is 0 Å². The van der Waals surface area contributed by atoms with Crippen molar-refractivity contribution in [2.75, 3.05) is 0 Å². The molecule has 0 aliphatic carbocycles. The quantitative estimate of drug-likeness (QED) is 0.471. The second-order valence-electron chi connectivity index (χ2n) is 6.21. The Morgan fingerprint density at radius 2 is 1.81 bits per heavy atom. The van der Waals surface area contributed by atoms with Gasteiger partial charge in [-0.25, -0.2) is 5.10 Å². The fraction of sp³-hybridized carbons (Fsp3) is 0.0500. The number of H-pyrrole nitrogens is 1. The number of tetrazole rings is 1. The van der Waals surface area contributed by atoms with E-state index in [0.717, 1.165) is 27.6 Å². The number of hydrogen-bond donors (Lipinski definition) is 1. The summed E-state index contributed by atoms with van der Waals surface area (Å²) in [6, 6.07) is 23.3. The van der Waals surface area contributed by atoms with Gasteiger partial charge in [-0.3, -0.25) is 0 Å². The highest BCUT2D eigenvalue weighted by Crippen LogP contribution is 2.30. The van der Waals surface area contributed by atoms with Crippen LogP contribution in [0.3, 0.4) is 0 Å². The van der Waals surface area contributed by atoms with Crippen LogP contribution in [0.5, 0.6) is 0 Å². The van der Waals surface area contributed by atoms with Crippen molar-refractivity contribution in [3.63, 3.8) is 0 Å². The average Bonchev–Trinajstić information content (AvgIpc) is 3.30. The van der Waals surface area contributed by atoms with Crippen molar-refractivity contribution in [3.8, 4) is 11.5 Å². The summed E-state index contributed by atoms with van der Waals surface area (Å²) in [5, 5.41) is 18.1. The maximum atomic E-state index is 4.12. The summed E-state index contributed by atoms with van der Waals surface area (Å²) in [4.78, 5) is 0. The lowest BCUT2D eigenvalue weighted by atomic mass is 10.0. The van der Waals surface area contributed by atoms with E-state index in [2.05, 4.69) is 102 Å². The second kappa shape index (κ2) is 6.07. The van der Waals surface area contributed by atoms with Crippen LogP contribution in [-0.4, -0.2) is 25.2 Å². The molecule has 0 fully saturated rings. The van der Waals surface area contributed by atoms with Gasteiger partial charge in [-0.2, -0.15) is 0 Å². The van der Waals surface area contributed by atoms with Gasteiger partial charge < -0.3 is 4.57 Å². The third-order valence-electron chi connectivity index (χ3n) is 4.66. The summed E-state index contributed by atoms with van der Waals surface area (Å²) in [7, 11) is 0. The molecule has 0 unspecified atom stereocenters. The molecule has 3 aromatic carbocycles. The highest BCUT2D eigenvalue weighted by Gasteiger charge is 2.15. The summed E-state index contributed by atoms with van der Waals surface area (Å²) in [6.07, 6.45) is 0. The molecule has 0 aliphatic heterocycles. The first-order chi connectivity index (χ1) is 12.8. The predicted molar refractivity (Wildman–Crippen MR) is 106 cm³/mol. The van der Waals surface area contributed by atoms with E-state index in [4.69, 9.17) is 0 Å². The van der Waals surface area contributed by atoms with Gasteiger partial charge in [0.05, 0.1) is 11.2 Å². The number of benzene rings is 3. The average molecular weight is 404 g/mol. The van der Waals surface area contributed by atoms with E-state index in [0.29, 0.717) is 5.82 Å². The molecule has 0 amide bonds. The van der Waals surface area contributed by atoms with Gasteiger partial charge in [0.1, 0.15) is 0 Å². The fourth-order valence-electron chi connectivity index (χ4n) is 3.46. The molecule has 26 heavy (non-hydrogen) atoms. The highest BCUT2D eigenvalue weighted by atomic mass is 79.9. The summed E-state index contributed by atoms with van der Waals surface area (Å²) >= 11 is 3.59. The third kappa shape index (κ3) is 2.50. The van der Waals surface area contributed by atoms with Crippen molar-refractivity contribution in [2.24, 2.45) is 0 Å². The van der Waals surface area contributed by atoms with Gasteiger partial charge in [0.15, 0.2) is 5.82 Å². The molecule has 126 valence electrons. The van der Waals surface area contributed by atoms with Crippen LogP contribution in [0.15, 0.2) is 71.2 Å². The molecule has 0 atom stereocenters. The minimum absolute atomic E-state index is 0.664. The smallest absolute Gasteiger partial charge is 0.196 e. The first kappa shape index (κ1) is 15.3. The molecular formula is C20H14BrN5. The van der Waals surface area contributed by atoms with Crippen molar-refractivity contribution < 1.29 is 0 Å². The van der Waals surface area contributed by atoms with E-state index in [1.807, 2.05) is 6.07 Å². The Morgan fingerprint density at radius 1 is 0.923 bits per heavy atom. The molecule has 2 aromatic heterocycles. The number of aromatic nitrogens is 5. The number of aromatic amines is 1.